The van der Waals surface area contributed by atoms with Gasteiger partial charge in [0.05, 0.1) is 24.3 Å². The first-order valence-electron chi connectivity index (χ1n) is 9.94. The van der Waals surface area contributed by atoms with Crippen molar-refractivity contribution in [2.45, 2.75) is 26.3 Å². The van der Waals surface area contributed by atoms with E-state index < -0.39 is 0 Å². The zero-order valence-electron chi connectivity index (χ0n) is 17.3. The fourth-order valence-electron chi connectivity index (χ4n) is 3.38. The van der Waals surface area contributed by atoms with E-state index in [2.05, 4.69) is 32.5 Å². The second-order valence-corrected chi connectivity index (χ2v) is 7.61. The van der Waals surface area contributed by atoms with Crippen LogP contribution in [0.5, 0.6) is 0 Å². The summed E-state index contributed by atoms with van der Waals surface area (Å²) in [7, 11) is 2.12. The van der Waals surface area contributed by atoms with Crippen LogP contribution in [0.1, 0.15) is 30.5 Å². The van der Waals surface area contributed by atoms with Crippen LogP contribution in [0.3, 0.4) is 0 Å². The lowest BCUT2D eigenvalue weighted by atomic mass is 10.0. The molecule has 2 amide bonds. The van der Waals surface area contributed by atoms with Gasteiger partial charge in [0, 0.05) is 33.1 Å². The molecule has 7 heteroatoms. The van der Waals surface area contributed by atoms with Crippen LogP contribution in [0.25, 0.3) is 0 Å². The summed E-state index contributed by atoms with van der Waals surface area (Å²) in [6, 6.07) is 11.3. The number of nitrogens with zero attached hydrogens (tertiary/aromatic N) is 3. The number of carbonyl (C=O) groups is 2. The Morgan fingerprint density at radius 2 is 1.76 bits per heavy atom. The molecule has 2 aromatic rings. The van der Waals surface area contributed by atoms with E-state index in [4.69, 9.17) is 0 Å². The summed E-state index contributed by atoms with van der Waals surface area (Å²) in [5.41, 5.74) is 2.69. The Morgan fingerprint density at radius 3 is 2.34 bits per heavy atom. The molecule has 0 saturated carbocycles. The van der Waals surface area contributed by atoms with Gasteiger partial charge in [-0.1, -0.05) is 29.8 Å². The number of rotatable bonds is 6. The number of nitrogens with one attached hydrogen (secondary N) is 2. The molecule has 0 aliphatic carbocycles. The third-order valence-electron chi connectivity index (χ3n) is 5.11. The van der Waals surface area contributed by atoms with Crippen LogP contribution in [0.2, 0.25) is 0 Å². The molecule has 1 unspecified atom stereocenters. The van der Waals surface area contributed by atoms with Gasteiger partial charge in [0.25, 0.3) is 0 Å². The van der Waals surface area contributed by atoms with Gasteiger partial charge in [0.1, 0.15) is 5.82 Å². The summed E-state index contributed by atoms with van der Waals surface area (Å²) in [6.07, 6.45) is 1.84. The van der Waals surface area contributed by atoms with Gasteiger partial charge in [-0.25, -0.2) is 4.98 Å². The van der Waals surface area contributed by atoms with Crippen molar-refractivity contribution in [3.05, 3.63) is 53.7 Å². The quantitative estimate of drug-likeness (QED) is 0.785. The number of anilines is 2. The average Bonchev–Trinajstić information content (AvgIpc) is 2.69. The molecule has 3 rings (SSSR count). The largest absolute Gasteiger partial charge is 0.354 e. The summed E-state index contributed by atoms with van der Waals surface area (Å²) in [4.78, 5) is 33.2. The minimum absolute atomic E-state index is 0.156. The lowest BCUT2D eigenvalue weighted by Crippen LogP contribution is -2.44. The van der Waals surface area contributed by atoms with E-state index in [1.807, 2.05) is 43.3 Å². The molecule has 1 aromatic carbocycles. The maximum Gasteiger partial charge on any atom is 0.226 e. The number of hydrogen-bond acceptors (Lipinski definition) is 5. The number of hydrogen-bond donors (Lipinski definition) is 2. The predicted octanol–water partition coefficient (Wildman–Crippen LogP) is 2.35. The van der Waals surface area contributed by atoms with Crippen LogP contribution >= 0.6 is 0 Å². The molecule has 1 aromatic heterocycles. The number of aromatic nitrogens is 1. The van der Waals surface area contributed by atoms with E-state index in [0.717, 1.165) is 43.1 Å². The maximum absolute atomic E-state index is 12.6. The lowest BCUT2D eigenvalue weighted by Gasteiger charge is -2.33. The summed E-state index contributed by atoms with van der Waals surface area (Å²) < 4.78 is 0. The topological polar surface area (TPSA) is 77.6 Å². The van der Waals surface area contributed by atoms with Crippen molar-refractivity contribution < 1.29 is 9.59 Å². The van der Waals surface area contributed by atoms with E-state index >= 15 is 0 Å². The second kappa shape index (κ2) is 9.52. The molecule has 154 valence electrons. The van der Waals surface area contributed by atoms with Crippen LogP contribution < -0.4 is 15.5 Å². The molecule has 1 fully saturated rings. The molecule has 2 N–H and O–H groups in total. The highest BCUT2D eigenvalue weighted by Crippen LogP contribution is 2.20. The van der Waals surface area contributed by atoms with E-state index in [0.29, 0.717) is 5.69 Å². The summed E-state index contributed by atoms with van der Waals surface area (Å²) in [6.45, 7) is 7.39. The van der Waals surface area contributed by atoms with Crippen LogP contribution in [0, 0.1) is 6.92 Å². The van der Waals surface area contributed by atoms with Gasteiger partial charge in [0.15, 0.2) is 0 Å². The smallest absolute Gasteiger partial charge is 0.226 e. The Hall–Kier alpha value is -2.93. The number of carbonyl (C=O) groups excluding carboxylic acids is 2. The molecule has 1 aliphatic heterocycles. The fraction of sp³-hybridized carbons (Fsp3) is 0.409. The number of likely N-dealkylation sites (N-methyl/N-ethyl adjacent to an activating group) is 1. The molecular weight excluding hydrogens is 366 g/mol. The van der Waals surface area contributed by atoms with E-state index in [9.17, 15) is 9.59 Å². The van der Waals surface area contributed by atoms with Crippen molar-refractivity contribution in [2.24, 2.45) is 0 Å². The van der Waals surface area contributed by atoms with Crippen LogP contribution in [0.15, 0.2) is 42.6 Å². The van der Waals surface area contributed by atoms with Gasteiger partial charge in [-0.15, -0.1) is 0 Å². The van der Waals surface area contributed by atoms with Gasteiger partial charge >= 0.3 is 0 Å². The molecule has 1 saturated heterocycles. The normalized spacial score (nSPS) is 15.6. The fourth-order valence-corrected chi connectivity index (χ4v) is 3.38. The zero-order chi connectivity index (χ0) is 20.8. The molecule has 1 atom stereocenters. The Labute approximate surface area is 172 Å². The number of piperazine rings is 1. The van der Waals surface area contributed by atoms with Gasteiger partial charge in [-0.3, -0.25) is 9.59 Å². The third-order valence-corrected chi connectivity index (χ3v) is 5.11. The first-order valence-corrected chi connectivity index (χ1v) is 9.94. The molecule has 7 nitrogen and oxygen atoms in total. The van der Waals surface area contributed by atoms with Gasteiger partial charge < -0.3 is 20.4 Å². The third kappa shape index (κ3) is 6.02. The van der Waals surface area contributed by atoms with Crippen molar-refractivity contribution in [2.75, 3.05) is 43.4 Å². The summed E-state index contributed by atoms with van der Waals surface area (Å²) in [5.74, 6) is 0.590. The Balaban J connectivity index is 1.60. The average molecular weight is 396 g/mol. The molecular formula is C22H29N5O2. The van der Waals surface area contributed by atoms with Gasteiger partial charge in [-0.2, -0.15) is 0 Å². The molecule has 29 heavy (non-hydrogen) atoms. The van der Waals surface area contributed by atoms with Crippen molar-refractivity contribution >= 4 is 23.3 Å². The van der Waals surface area contributed by atoms with Gasteiger partial charge in [-0.05, 0) is 31.7 Å². The Morgan fingerprint density at radius 1 is 1.07 bits per heavy atom. The lowest BCUT2D eigenvalue weighted by molar-refractivity contribution is -0.120. The minimum Gasteiger partial charge on any atom is -0.354 e. The first-order chi connectivity index (χ1) is 13.9. The standard InChI is InChI=1S/C22H29N5O2/c1-16-4-6-18(7-5-16)20(24-17(2)28)14-22(29)25-19-8-9-21(23-15-19)27-12-10-26(3)11-13-27/h4-9,15,20H,10-14H2,1-3H3,(H,24,28)(H,25,29). The number of amides is 2. The first kappa shape index (κ1) is 20.8. The number of aryl methyl sites for hydroxylation is 1. The van der Waals surface area contributed by atoms with Crippen molar-refractivity contribution in [3.8, 4) is 0 Å². The monoisotopic (exact) mass is 395 g/mol. The van der Waals surface area contributed by atoms with Crippen LogP contribution in [-0.4, -0.2) is 54.9 Å². The highest BCUT2D eigenvalue weighted by molar-refractivity contribution is 5.91. The zero-order valence-corrected chi connectivity index (χ0v) is 17.3. The van der Waals surface area contributed by atoms with Crippen LogP contribution in [-0.2, 0) is 9.59 Å². The highest BCUT2D eigenvalue weighted by atomic mass is 16.2. The van der Waals surface area contributed by atoms with Gasteiger partial charge in [0.2, 0.25) is 11.8 Å². The minimum atomic E-state index is -0.370. The maximum atomic E-state index is 12.6. The number of benzene rings is 1. The summed E-state index contributed by atoms with van der Waals surface area (Å²) in [5, 5.41) is 5.75. The second-order valence-electron chi connectivity index (χ2n) is 7.61. The molecule has 1 aliphatic rings. The van der Waals surface area contributed by atoms with E-state index in [1.54, 1.807) is 6.20 Å². The van der Waals surface area contributed by atoms with E-state index in [1.165, 1.54) is 6.92 Å². The number of pyridine rings is 1. The highest BCUT2D eigenvalue weighted by Gasteiger charge is 2.18. The van der Waals surface area contributed by atoms with Crippen molar-refractivity contribution in [1.29, 1.82) is 0 Å². The molecule has 0 bridgehead atoms. The molecule has 0 radical (unpaired) electrons. The van der Waals surface area contributed by atoms with Crippen LogP contribution in [0.4, 0.5) is 11.5 Å². The van der Waals surface area contributed by atoms with E-state index in [-0.39, 0.29) is 24.3 Å². The Bertz CT molecular complexity index is 827. The summed E-state index contributed by atoms with van der Waals surface area (Å²) >= 11 is 0. The van der Waals surface area contributed by atoms with Crippen molar-refractivity contribution in [1.82, 2.24) is 15.2 Å². The molecule has 2 heterocycles. The predicted molar refractivity (Wildman–Crippen MR) is 115 cm³/mol. The SMILES string of the molecule is CC(=O)NC(CC(=O)Nc1ccc(N2CCN(C)CC2)nc1)c1ccc(C)cc1. The molecule has 0 spiro atoms. The Kier molecular flexibility index (Phi) is 6.82. The van der Waals surface area contributed by atoms with Crippen molar-refractivity contribution in [3.63, 3.8) is 0 Å².